The summed E-state index contributed by atoms with van der Waals surface area (Å²) in [4.78, 5) is 2.50. The minimum Gasteiger partial charge on any atom is -0.330 e. The Labute approximate surface area is 154 Å². The molecule has 152 valence electrons. The average molecular weight is 361 g/mol. The first-order valence-corrected chi connectivity index (χ1v) is 9.99. The van der Waals surface area contributed by atoms with E-state index in [2.05, 4.69) is 20.9 Å². The summed E-state index contributed by atoms with van der Waals surface area (Å²) in [6.07, 6.45) is 5.45. The summed E-state index contributed by atoms with van der Waals surface area (Å²) < 4.78 is 0. The molecule has 0 aromatic heterocycles. The van der Waals surface area contributed by atoms with Crippen molar-refractivity contribution in [2.75, 3.05) is 72.0 Å². The van der Waals surface area contributed by atoms with Gasteiger partial charge in [-0.15, -0.1) is 0 Å². The van der Waals surface area contributed by atoms with Crippen molar-refractivity contribution in [2.24, 2.45) is 22.9 Å². The second-order valence-corrected chi connectivity index (χ2v) is 6.36. The SMILES string of the molecule is NCCCNCCC(NCCCN)N(CCCN)CCNCCCN. The molecule has 25 heavy (non-hydrogen) atoms. The van der Waals surface area contributed by atoms with Crippen LogP contribution in [0.4, 0.5) is 0 Å². The first kappa shape index (κ1) is 24.7. The van der Waals surface area contributed by atoms with Crippen LogP contribution in [0.5, 0.6) is 0 Å². The van der Waals surface area contributed by atoms with Crippen LogP contribution in [0.25, 0.3) is 0 Å². The third-order valence-corrected chi connectivity index (χ3v) is 4.14. The summed E-state index contributed by atoms with van der Waals surface area (Å²) >= 11 is 0. The molecule has 0 aliphatic carbocycles. The lowest BCUT2D eigenvalue weighted by Crippen LogP contribution is -2.50. The number of hydrogen-bond acceptors (Lipinski definition) is 8. The molecule has 0 rings (SSSR count). The van der Waals surface area contributed by atoms with Gasteiger partial charge < -0.3 is 38.9 Å². The summed E-state index contributed by atoms with van der Waals surface area (Å²) in [6.45, 7) is 9.81. The van der Waals surface area contributed by atoms with Gasteiger partial charge >= 0.3 is 0 Å². The number of nitrogens with one attached hydrogen (secondary N) is 3. The maximum absolute atomic E-state index is 5.73. The minimum atomic E-state index is 0.347. The van der Waals surface area contributed by atoms with Gasteiger partial charge in [0, 0.05) is 19.6 Å². The minimum absolute atomic E-state index is 0.347. The van der Waals surface area contributed by atoms with Crippen LogP contribution in [0, 0.1) is 0 Å². The summed E-state index contributed by atoms with van der Waals surface area (Å²) in [5, 5.41) is 10.6. The molecule has 0 bridgehead atoms. The van der Waals surface area contributed by atoms with E-state index in [-0.39, 0.29) is 0 Å². The molecule has 0 radical (unpaired) electrons. The largest absolute Gasteiger partial charge is 0.330 e. The van der Waals surface area contributed by atoms with Gasteiger partial charge in [0.15, 0.2) is 0 Å². The highest BCUT2D eigenvalue weighted by Gasteiger charge is 2.16. The molecule has 0 amide bonds. The number of hydrogen-bond donors (Lipinski definition) is 7. The maximum Gasteiger partial charge on any atom is 0.0609 e. The zero-order valence-corrected chi connectivity index (χ0v) is 16.1. The lowest BCUT2D eigenvalue weighted by molar-refractivity contribution is 0.154. The number of nitrogens with zero attached hydrogens (tertiary/aromatic N) is 1. The molecule has 0 saturated carbocycles. The van der Waals surface area contributed by atoms with E-state index in [4.69, 9.17) is 22.9 Å². The first-order valence-electron chi connectivity index (χ1n) is 9.99. The van der Waals surface area contributed by atoms with E-state index < -0.39 is 0 Å². The zero-order valence-electron chi connectivity index (χ0n) is 16.1. The monoisotopic (exact) mass is 360 g/mol. The lowest BCUT2D eigenvalue weighted by Gasteiger charge is -2.33. The fourth-order valence-electron chi connectivity index (χ4n) is 2.67. The molecule has 0 aliphatic heterocycles. The fourth-order valence-corrected chi connectivity index (χ4v) is 2.67. The van der Waals surface area contributed by atoms with Crippen molar-refractivity contribution in [3.05, 3.63) is 0 Å². The molecule has 1 unspecified atom stereocenters. The van der Waals surface area contributed by atoms with Crippen LogP contribution >= 0.6 is 0 Å². The van der Waals surface area contributed by atoms with Gasteiger partial charge in [0.25, 0.3) is 0 Å². The van der Waals surface area contributed by atoms with Gasteiger partial charge in [-0.25, -0.2) is 0 Å². The van der Waals surface area contributed by atoms with Gasteiger partial charge in [-0.3, -0.25) is 4.90 Å². The lowest BCUT2D eigenvalue weighted by atomic mass is 10.2. The third-order valence-electron chi connectivity index (χ3n) is 4.14. The van der Waals surface area contributed by atoms with E-state index >= 15 is 0 Å². The van der Waals surface area contributed by atoms with Crippen molar-refractivity contribution in [2.45, 2.75) is 38.3 Å². The Morgan fingerprint density at radius 1 is 0.600 bits per heavy atom. The van der Waals surface area contributed by atoms with E-state index in [9.17, 15) is 0 Å². The maximum atomic E-state index is 5.73. The molecule has 8 heteroatoms. The smallest absolute Gasteiger partial charge is 0.0609 e. The van der Waals surface area contributed by atoms with Crippen LogP contribution in [-0.2, 0) is 0 Å². The van der Waals surface area contributed by atoms with Gasteiger partial charge in [0.2, 0.25) is 0 Å². The highest BCUT2D eigenvalue weighted by Crippen LogP contribution is 2.03. The van der Waals surface area contributed by atoms with Crippen LogP contribution in [0.2, 0.25) is 0 Å². The highest BCUT2D eigenvalue weighted by atomic mass is 15.3. The van der Waals surface area contributed by atoms with E-state index in [1.807, 2.05) is 0 Å². The Hall–Kier alpha value is -0.320. The number of nitrogens with two attached hydrogens (primary N) is 4. The number of rotatable bonds is 20. The molecule has 0 spiro atoms. The molecule has 0 saturated heterocycles. The molecule has 1 atom stereocenters. The third kappa shape index (κ3) is 15.6. The predicted octanol–water partition coefficient (Wildman–Crippen LogP) is -1.83. The summed E-state index contributed by atoms with van der Waals surface area (Å²) in [5.41, 5.74) is 22.5. The van der Waals surface area contributed by atoms with Crippen LogP contribution in [0.3, 0.4) is 0 Å². The van der Waals surface area contributed by atoms with Gasteiger partial charge in [-0.1, -0.05) is 0 Å². The molecule has 0 aliphatic rings. The van der Waals surface area contributed by atoms with Gasteiger partial charge in [0.05, 0.1) is 6.17 Å². The van der Waals surface area contributed by atoms with Crippen molar-refractivity contribution in [3.63, 3.8) is 0 Å². The van der Waals surface area contributed by atoms with Crippen molar-refractivity contribution >= 4 is 0 Å². The summed E-state index contributed by atoms with van der Waals surface area (Å²) in [5.74, 6) is 0. The highest BCUT2D eigenvalue weighted by molar-refractivity contribution is 4.73. The first-order chi connectivity index (χ1) is 12.3. The van der Waals surface area contributed by atoms with Crippen molar-refractivity contribution in [1.82, 2.24) is 20.9 Å². The summed E-state index contributed by atoms with van der Waals surface area (Å²) in [7, 11) is 0. The van der Waals surface area contributed by atoms with E-state index in [1.54, 1.807) is 0 Å². The molecular formula is C17H44N8. The van der Waals surface area contributed by atoms with Crippen LogP contribution in [0.15, 0.2) is 0 Å². The normalized spacial score (nSPS) is 12.8. The average Bonchev–Trinajstić information content (AvgIpc) is 2.62. The zero-order chi connectivity index (χ0) is 18.6. The Morgan fingerprint density at radius 2 is 1.16 bits per heavy atom. The molecule has 11 N–H and O–H groups in total. The summed E-state index contributed by atoms with van der Waals surface area (Å²) in [6, 6.07) is 0. The quantitative estimate of drug-likeness (QED) is 0.0992. The van der Waals surface area contributed by atoms with E-state index in [1.165, 1.54) is 0 Å². The molecule has 8 nitrogen and oxygen atoms in total. The van der Waals surface area contributed by atoms with Gasteiger partial charge in [-0.2, -0.15) is 0 Å². The Balaban J connectivity index is 4.38. The molecule has 0 aromatic carbocycles. The molecular weight excluding hydrogens is 316 g/mol. The topological polar surface area (TPSA) is 143 Å². The van der Waals surface area contributed by atoms with Crippen molar-refractivity contribution < 1.29 is 0 Å². The Morgan fingerprint density at radius 3 is 1.76 bits per heavy atom. The van der Waals surface area contributed by atoms with Gasteiger partial charge in [0.1, 0.15) is 0 Å². The molecule has 0 aromatic rings. The van der Waals surface area contributed by atoms with Crippen LogP contribution < -0.4 is 38.9 Å². The molecule has 0 heterocycles. The van der Waals surface area contributed by atoms with Crippen LogP contribution in [0.1, 0.15) is 32.1 Å². The second-order valence-electron chi connectivity index (χ2n) is 6.36. The van der Waals surface area contributed by atoms with Crippen LogP contribution in [-0.4, -0.2) is 83.1 Å². The fraction of sp³-hybridized carbons (Fsp3) is 1.00. The predicted molar refractivity (Wildman–Crippen MR) is 108 cm³/mol. The standard InChI is InChI=1S/C17H44N8/c18-6-1-10-22-13-5-17(24-12-3-8-20)25(15-4-9-21)16-14-23-11-2-7-19/h17,22-24H,1-16,18-21H2. The second kappa shape index (κ2) is 20.0. The molecule has 0 fully saturated rings. The van der Waals surface area contributed by atoms with Crippen molar-refractivity contribution in [3.8, 4) is 0 Å². The van der Waals surface area contributed by atoms with Gasteiger partial charge in [-0.05, 0) is 84.5 Å². The van der Waals surface area contributed by atoms with Crippen molar-refractivity contribution in [1.29, 1.82) is 0 Å². The Kier molecular flexibility index (Phi) is 19.7. The Bertz CT molecular complexity index is 255. The van der Waals surface area contributed by atoms with E-state index in [0.717, 1.165) is 104 Å². The van der Waals surface area contributed by atoms with E-state index in [0.29, 0.717) is 6.17 Å².